The Morgan fingerprint density at radius 3 is 2.13 bits per heavy atom. The van der Waals surface area contributed by atoms with E-state index >= 15 is 0 Å². The fraction of sp³-hybridized carbons (Fsp3) is 0.278. The average Bonchev–Trinajstić information content (AvgIpc) is 2.59. The van der Waals surface area contributed by atoms with Gasteiger partial charge < -0.3 is 19.5 Å². The molecule has 23 heavy (non-hydrogen) atoms. The van der Waals surface area contributed by atoms with Crippen molar-refractivity contribution in [2.75, 3.05) is 21.3 Å². The second-order valence-electron chi connectivity index (χ2n) is 5.09. The summed E-state index contributed by atoms with van der Waals surface area (Å²) in [6.07, 6.45) is 0. The third-order valence-corrected chi connectivity index (χ3v) is 3.53. The van der Waals surface area contributed by atoms with E-state index < -0.39 is 0 Å². The molecule has 0 aromatic heterocycles. The van der Waals surface area contributed by atoms with Crippen molar-refractivity contribution < 1.29 is 19.0 Å². The lowest BCUT2D eigenvalue weighted by atomic mass is 10.1. The van der Waals surface area contributed by atoms with E-state index in [1.165, 1.54) is 0 Å². The predicted octanol–water partition coefficient (Wildman–Crippen LogP) is 2.95. The van der Waals surface area contributed by atoms with Crippen molar-refractivity contribution in [2.24, 2.45) is 0 Å². The molecule has 2 aromatic carbocycles. The fourth-order valence-corrected chi connectivity index (χ4v) is 2.27. The van der Waals surface area contributed by atoms with Crippen molar-refractivity contribution in [1.29, 1.82) is 0 Å². The van der Waals surface area contributed by atoms with Gasteiger partial charge in [-0.2, -0.15) is 0 Å². The largest absolute Gasteiger partial charge is 0.497 e. The summed E-state index contributed by atoms with van der Waals surface area (Å²) < 4.78 is 15.6. The first-order valence-corrected chi connectivity index (χ1v) is 7.22. The lowest BCUT2D eigenvalue weighted by Gasteiger charge is -2.10. The van der Waals surface area contributed by atoms with Crippen molar-refractivity contribution in [2.45, 2.75) is 13.5 Å². The smallest absolute Gasteiger partial charge is 0.251 e. The monoisotopic (exact) mass is 315 g/mol. The van der Waals surface area contributed by atoms with Gasteiger partial charge >= 0.3 is 0 Å². The third kappa shape index (κ3) is 4.16. The van der Waals surface area contributed by atoms with Gasteiger partial charge in [-0.05, 0) is 36.2 Å². The van der Waals surface area contributed by atoms with E-state index in [0.717, 1.165) is 16.9 Å². The summed E-state index contributed by atoms with van der Waals surface area (Å²) in [6.45, 7) is 2.40. The molecule has 0 aliphatic rings. The highest BCUT2D eigenvalue weighted by atomic mass is 16.5. The molecule has 122 valence electrons. The molecule has 0 bridgehead atoms. The zero-order valence-corrected chi connectivity index (χ0v) is 13.8. The number of carbonyl (C=O) groups excluding carboxylic acids is 1. The molecular formula is C18H21NO4. The average molecular weight is 315 g/mol. The summed E-state index contributed by atoms with van der Waals surface area (Å²) in [7, 11) is 4.74. The SMILES string of the molecule is COc1cc(OC)cc(C(=O)NCc2ccc(OC)c(C)c2)c1. The maximum atomic E-state index is 12.3. The van der Waals surface area contributed by atoms with E-state index in [2.05, 4.69) is 5.32 Å². The van der Waals surface area contributed by atoms with Crippen LogP contribution < -0.4 is 19.5 Å². The van der Waals surface area contributed by atoms with Gasteiger partial charge in [0.05, 0.1) is 21.3 Å². The number of hydrogen-bond acceptors (Lipinski definition) is 4. The van der Waals surface area contributed by atoms with Crippen LogP contribution in [0.3, 0.4) is 0 Å². The predicted molar refractivity (Wildman–Crippen MR) is 88.4 cm³/mol. The molecule has 5 nitrogen and oxygen atoms in total. The molecule has 0 unspecified atom stereocenters. The van der Waals surface area contributed by atoms with Gasteiger partial charge in [0.2, 0.25) is 0 Å². The number of ether oxygens (including phenoxy) is 3. The lowest BCUT2D eigenvalue weighted by molar-refractivity contribution is 0.0950. The zero-order chi connectivity index (χ0) is 16.8. The molecule has 5 heteroatoms. The number of methoxy groups -OCH3 is 3. The van der Waals surface area contributed by atoms with Crippen molar-refractivity contribution in [1.82, 2.24) is 5.32 Å². The number of amides is 1. The Labute approximate surface area is 136 Å². The Bertz CT molecular complexity index is 675. The van der Waals surface area contributed by atoms with Gasteiger partial charge in [0.15, 0.2) is 0 Å². The Morgan fingerprint density at radius 2 is 1.61 bits per heavy atom. The Balaban J connectivity index is 2.09. The fourth-order valence-electron chi connectivity index (χ4n) is 2.27. The van der Waals surface area contributed by atoms with Crippen molar-refractivity contribution >= 4 is 5.91 Å². The highest BCUT2D eigenvalue weighted by molar-refractivity contribution is 5.95. The molecular weight excluding hydrogens is 294 g/mol. The summed E-state index contributed by atoms with van der Waals surface area (Å²) in [4.78, 5) is 12.3. The van der Waals surface area contributed by atoms with Crippen LogP contribution in [0.4, 0.5) is 0 Å². The summed E-state index contributed by atoms with van der Waals surface area (Å²) in [5.74, 6) is 1.80. The third-order valence-electron chi connectivity index (χ3n) is 3.53. The number of carbonyl (C=O) groups is 1. The van der Waals surface area contributed by atoms with Gasteiger partial charge in [0.25, 0.3) is 5.91 Å². The van der Waals surface area contributed by atoms with Gasteiger partial charge in [-0.25, -0.2) is 0 Å². The number of nitrogens with one attached hydrogen (secondary N) is 1. The van der Waals surface area contributed by atoms with Crippen LogP contribution in [0.5, 0.6) is 17.2 Å². The molecule has 0 atom stereocenters. The topological polar surface area (TPSA) is 56.8 Å². The highest BCUT2D eigenvalue weighted by Gasteiger charge is 2.10. The van der Waals surface area contributed by atoms with Crippen molar-refractivity contribution in [3.63, 3.8) is 0 Å². The molecule has 0 spiro atoms. The van der Waals surface area contributed by atoms with E-state index in [9.17, 15) is 4.79 Å². The van der Waals surface area contributed by atoms with E-state index in [-0.39, 0.29) is 5.91 Å². The number of hydrogen-bond donors (Lipinski definition) is 1. The van der Waals surface area contributed by atoms with Crippen LogP contribution >= 0.6 is 0 Å². The van der Waals surface area contributed by atoms with Gasteiger partial charge in [-0.15, -0.1) is 0 Å². The molecule has 2 rings (SSSR count). The molecule has 0 saturated carbocycles. The molecule has 0 saturated heterocycles. The number of rotatable bonds is 6. The van der Waals surface area contributed by atoms with Crippen molar-refractivity contribution in [3.05, 3.63) is 53.1 Å². The van der Waals surface area contributed by atoms with E-state index in [4.69, 9.17) is 14.2 Å². The zero-order valence-electron chi connectivity index (χ0n) is 13.8. The maximum absolute atomic E-state index is 12.3. The molecule has 2 aromatic rings. The van der Waals surface area contributed by atoms with Gasteiger partial charge in [-0.3, -0.25) is 4.79 Å². The highest BCUT2D eigenvalue weighted by Crippen LogP contribution is 2.23. The second kappa shape index (κ2) is 7.54. The Morgan fingerprint density at radius 1 is 0.957 bits per heavy atom. The molecule has 0 heterocycles. The van der Waals surface area contributed by atoms with Gasteiger partial charge in [0, 0.05) is 18.2 Å². The Hall–Kier alpha value is -2.69. The minimum atomic E-state index is -0.185. The minimum absolute atomic E-state index is 0.185. The van der Waals surface area contributed by atoms with Crippen LogP contribution in [-0.2, 0) is 6.54 Å². The van der Waals surface area contributed by atoms with Gasteiger partial charge in [-0.1, -0.05) is 12.1 Å². The van der Waals surface area contributed by atoms with E-state index in [1.54, 1.807) is 39.5 Å². The number of aryl methyl sites for hydroxylation is 1. The molecule has 1 amide bonds. The van der Waals surface area contributed by atoms with Crippen molar-refractivity contribution in [3.8, 4) is 17.2 Å². The van der Waals surface area contributed by atoms with Gasteiger partial charge in [0.1, 0.15) is 17.2 Å². The van der Waals surface area contributed by atoms with Crippen LogP contribution in [0.15, 0.2) is 36.4 Å². The van der Waals surface area contributed by atoms with Crippen LogP contribution in [0.1, 0.15) is 21.5 Å². The lowest BCUT2D eigenvalue weighted by Crippen LogP contribution is -2.22. The van der Waals surface area contributed by atoms with Crippen LogP contribution in [0.25, 0.3) is 0 Å². The summed E-state index contributed by atoms with van der Waals surface area (Å²) in [6, 6.07) is 10.9. The minimum Gasteiger partial charge on any atom is -0.497 e. The molecule has 0 fully saturated rings. The normalized spacial score (nSPS) is 10.1. The molecule has 0 aliphatic carbocycles. The number of benzene rings is 2. The standard InChI is InChI=1S/C18H21NO4/c1-12-7-13(5-6-17(12)23-4)11-19-18(20)14-8-15(21-2)10-16(9-14)22-3/h5-10H,11H2,1-4H3,(H,19,20). The second-order valence-corrected chi connectivity index (χ2v) is 5.09. The first kappa shape index (κ1) is 16.7. The molecule has 0 radical (unpaired) electrons. The van der Waals surface area contributed by atoms with E-state index in [1.807, 2.05) is 25.1 Å². The van der Waals surface area contributed by atoms with Crippen LogP contribution in [-0.4, -0.2) is 27.2 Å². The van der Waals surface area contributed by atoms with E-state index in [0.29, 0.717) is 23.6 Å². The summed E-state index contributed by atoms with van der Waals surface area (Å²) in [5.41, 5.74) is 2.53. The Kier molecular flexibility index (Phi) is 5.46. The summed E-state index contributed by atoms with van der Waals surface area (Å²) in [5, 5.41) is 2.89. The first-order valence-electron chi connectivity index (χ1n) is 7.22. The van der Waals surface area contributed by atoms with Crippen LogP contribution in [0.2, 0.25) is 0 Å². The van der Waals surface area contributed by atoms with Crippen LogP contribution in [0, 0.1) is 6.92 Å². The quantitative estimate of drug-likeness (QED) is 0.890. The maximum Gasteiger partial charge on any atom is 0.251 e. The first-order chi connectivity index (χ1) is 11.1. The molecule has 0 aliphatic heterocycles. The summed E-state index contributed by atoms with van der Waals surface area (Å²) >= 11 is 0. The molecule has 1 N–H and O–H groups in total.